The molecule has 0 saturated heterocycles. The van der Waals surface area contributed by atoms with Gasteiger partial charge in [0.2, 0.25) is 5.88 Å². The van der Waals surface area contributed by atoms with Gasteiger partial charge in [0.15, 0.2) is 5.69 Å². The van der Waals surface area contributed by atoms with E-state index in [1.165, 1.54) is 16.5 Å². The lowest BCUT2D eigenvalue weighted by Gasteiger charge is -2.25. The number of halogens is 2. The van der Waals surface area contributed by atoms with Crippen LogP contribution < -0.4 is 10.1 Å². The van der Waals surface area contributed by atoms with Gasteiger partial charge in [0.1, 0.15) is 24.0 Å². The van der Waals surface area contributed by atoms with Gasteiger partial charge in [-0.15, -0.1) is 0 Å². The van der Waals surface area contributed by atoms with Crippen molar-refractivity contribution < 1.29 is 23.0 Å². The van der Waals surface area contributed by atoms with Crippen molar-refractivity contribution in [2.75, 3.05) is 13.7 Å². The molecule has 0 aliphatic carbocycles. The van der Waals surface area contributed by atoms with Crippen LogP contribution in [-0.4, -0.2) is 55.4 Å². The number of aromatic nitrogens is 6. The van der Waals surface area contributed by atoms with Crippen LogP contribution in [0.3, 0.4) is 0 Å². The Labute approximate surface area is 190 Å². The van der Waals surface area contributed by atoms with E-state index in [9.17, 15) is 18.8 Å². The van der Waals surface area contributed by atoms with Crippen molar-refractivity contribution in [1.82, 2.24) is 34.8 Å². The lowest BCUT2D eigenvalue weighted by atomic mass is 9.99. The Morgan fingerprint density at radius 1 is 1.41 bits per heavy atom. The van der Waals surface area contributed by atoms with Gasteiger partial charge in [0.05, 0.1) is 31.0 Å². The number of fused-ring (bicyclic) bond motifs is 2. The van der Waals surface area contributed by atoms with E-state index in [0.717, 1.165) is 0 Å². The predicted octanol–water partition coefficient (Wildman–Crippen LogP) is 2.75. The Hall–Kier alpha value is -4.47. The van der Waals surface area contributed by atoms with Crippen molar-refractivity contribution in [3.63, 3.8) is 0 Å². The molecule has 0 radical (unpaired) electrons. The number of ether oxygens (including phenoxy) is 2. The number of nitrogens with zero attached hydrogens (tertiary/aromatic N) is 6. The molecule has 5 rings (SSSR count). The Morgan fingerprint density at radius 2 is 2.24 bits per heavy atom. The number of nitrogens with one attached hydrogen (secondary N) is 2. The van der Waals surface area contributed by atoms with Crippen LogP contribution in [0.2, 0.25) is 0 Å². The quantitative estimate of drug-likeness (QED) is 0.470. The van der Waals surface area contributed by atoms with Crippen molar-refractivity contribution in [3.8, 4) is 34.3 Å². The molecule has 0 spiro atoms. The monoisotopic (exact) mass is 468 g/mol. The zero-order valence-electron chi connectivity index (χ0n) is 18.0. The van der Waals surface area contributed by atoms with Crippen LogP contribution in [-0.2, 0) is 18.3 Å². The van der Waals surface area contributed by atoms with Gasteiger partial charge in [-0.2, -0.15) is 15.5 Å². The fourth-order valence-electron chi connectivity index (χ4n) is 4.12. The second kappa shape index (κ2) is 8.14. The van der Waals surface area contributed by atoms with Crippen LogP contribution in [0.1, 0.15) is 17.8 Å². The second-order valence-electron chi connectivity index (χ2n) is 7.64. The number of hydrogen-bond acceptors (Lipinski definition) is 7. The van der Waals surface area contributed by atoms with E-state index in [2.05, 4.69) is 36.3 Å². The molecule has 1 aliphatic rings. The molecule has 0 aromatic carbocycles. The van der Waals surface area contributed by atoms with E-state index in [0.29, 0.717) is 22.2 Å². The first-order valence-corrected chi connectivity index (χ1v) is 10.2. The van der Waals surface area contributed by atoms with Crippen LogP contribution in [0.4, 0.5) is 13.6 Å². The number of H-pyrrole nitrogens is 1. The van der Waals surface area contributed by atoms with Gasteiger partial charge < -0.3 is 19.8 Å². The summed E-state index contributed by atoms with van der Waals surface area (Å²) in [6, 6.07) is 5.02. The summed E-state index contributed by atoms with van der Waals surface area (Å²) in [5, 5.41) is 21.1. The number of alkyl carbamates (subject to hydrolysis) is 1. The summed E-state index contributed by atoms with van der Waals surface area (Å²) in [6.45, 7) is 0.134. The minimum atomic E-state index is -2.92. The Balaban J connectivity index is 1.73. The molecule has 1 atom stereocenters. The molecule has 34 heavy (non-hydrogen) atoms. The summed E-state index contributed by atoms with van der Waals surface area (Å²) in [5.41, 5.74) is 1.38. The highest BCUT2D eigenvalue weighted by Gasteiger charge is 2.34. The van der Waals surface area contributed by atoms with E-state index >= 15 is 0 Å². The van der Waals surface area contributed by atoms with Crippen LogP contribution in [0.25, 0.3) is 33.4 Å². The number of carbonyl (C=O) groups excluding carboxylic acids is 1. The predicted molar refractivity (Wildman–Crippen MR) is 114 cm³/mol. The fraction of sp³-hybridized carbons (Fsp3) is 0.286. The van der Waals surface area contributed by atoms with Crippen molar-refractivity contribution in [2.45, 2.75) is 19.0 Å². The van der Waals surface area contributed by atoms with E-state index in [-0.39, 0.29) is 36.0 Å². The number of aromatic amines is 1. The van der Waals surface area contributed by atoms with Crippen molar-refractivity contribution >= 4 is 17.1 Å². The number of methoxy groups -OCH3 is 1. The molecule has 11 nitrogen and oxygen atoms in total. The van der Waals surface area contributed by atoms with Crippen LogP contribution in [0.5, 0.6) is 5.88 Å². The second-order valence-corrected chi connectivity index (χ2v) is 7.64. The highest BCUT2D eigenvalue weighted by atomic mass is 19.3. The van der Waals surface area contributed by atoms with Crippen LogP contribution in [0, 0.1) is 11.3 Å². The fourth-order valence-corrected chi connectivity index (χ4v) is 4.12. The van der Waals surface area contributed by atoms with E-state index in [1.54, 1.807) is 31.6 Å². The summed E-state index contributed by atoms with van der Waals surface area (Å²) in [4.78, 5) is 19.0. The molecule has 1 aliphatic heterocycles. The summed E-state index contributed by atoms with van der Waals surface area (Å²) in [7, 11) is 2.89. The third kappa shape index (κ3) is 3.40. The molecule has 0 saturated carbocycles. The maximum absolute atomic E-state index is 14.2. The van der Waals surface area contributed by atoms with Crippen LogP contribution in [0.15, 0.2) is 24.5 Å². The molecule has 13 heteroatoms. The summed E-state index contributed by atoms with van der Waals surface area (Å²) in [5.74, 6) is 0.119. The number of carbonyl (C=O) groups is 1. The molecule has 174 valence electrons. The molecule has 4 aromatic heterocycles. The zero-order chi connectivity index (χ0) is 24.0. The van der Waals surface area contributed by atoms with Crippen molar-refractivity contribution in [3.05, 3.63) is 35.9 Å². The first kappa shape index (κ1) is 21.4. The minimum Gasteiger partial charge on any atom is -0.475 e. The van der Waals surface area contributed by atoms with Gasteiger partial charge in [-0.25, -0.2) is 23.2 Å². The summed E-state index contributed by atoms with van der Waals surface area (Å²) in [6.07, 6.45) is -0.363. The number of rotatable bonds is 4. The van der Waals surface area contributed by atoms with Gasteiger partial charge in [-0.3, -0.25) is 4.68 Å². The highest BCUT2D eigenvalue weighted by molar-refractivity contribution is 6.04. The Morgan fingerprint density at radius 3 is 2.97 bits per heavy atom. The number of nitriles is 1. The molecule has 1 amide bonds. The van der Waals surface area contributed by atoms with Gasteiger partial charge in [-0.1, -0.05) is 0 Å². The third-order valence-electron chi connectivity index (χ3n) is 5.49. The van der Waals surface area contributed by atoms with E-state index in [1.807, 2.05) is 0 Å². The first-order valence-electron chi connectivity index (χ1n) is 10.2. The highest BCUT2D eigenvalue weighted by Crippen LogP contribution is 2.46. The molecule has 0 fully saturated rings. The average molecular weight is 468 g/mol. The Bertz CT molecular complexity index is 1450. The summed E-state index contributed by atoms with van der Waals surface area (Å²) < 4.78 is 41.5. The van der Waals surface area contributed by atoms with Gasteiger partial charge in [-0.05, 0) is 12.1 Å². The average Bonchev–Trinajstić information content (AvgIpc) is 3.50. The number of hydrogen-bond donors (Lipinski definition) is 2. The number of amides is 1. The number of aryl methyl sites for hydroxylation is 1. The minimum absolute atomic E-state index is 0.0284. The smallest absolute Gasteiger partial charge is 0.407 e. The van der Waals surface area contributed by atoms with Gasteiger partial charge in [0.25, 0.3) is 6.43 Å². The molecule has 2 N–H and O–H groups in total. The van der Waals surface area contributed by atoms with E-state index in [4.69, 9.17) is 4.74 Å². The number of pyridine rings is 1. The normalized spacial score (nSPS) is 15.1. The lowest BCUT2D eigenvalue weighted by Crippen LogP contribution is -2.44. The van der Waals surface area contributed by atoms with E-state index < -0.39 is 24.3 Å². The molecule has 4 aromatic rings. The molecule has 5 heterocycles. The largest absolute Gasteiger partial charge is 0.475 e. The third-order valence-corrected chi connectivity index (χ3v) is 5.49. The first-order chi connectivity index (χ1) is 16.4. The van der Waals surface area contributed by atoms with Gasteiger partial charge >= 0.3 is 6.09 Å². The standard InChI is InChI=1S/C21H18F2N8O3/c1-30-8-12(13(6-24)28-30)14-11-4-3-5-25-19(11)27-16(14)15-17(18(22)23)29-31-7-10(9-34-20(15)31)26-21(32)33-2/h3-5,8,10,18H,7,9H2,1-2H3,(H,25,27)(H,26,32)/t10-/m0/s1. The topological polar surface area (TPSA) is 136 Å². The zero-order valence-corrected chi connectivity index (χ0v) is 18.0. The van der Waals surface area contributed by atoms with Crippen LogP contribution >= 0.6 is 0 Å². The number of alkyl halides is 2. The SMILES string of the molecule is COC(=O)N[C@@H]1COc2c(-c3[nH]c4ncccc4c3-c3cn(C)nc3C#N)c(C(F)F)nn2C1. The molecule has 0 unspecified atom stereocenters. The van der Waals surface area contributed by atoms with Gasteiger partial charge in [0, 0.05) is 36.0 Å². The molecular weight excluding hydrogens is 450 g/mol. The lowest BCUT2D eigenvalue weighted by molar-refractivity contribution is 0.138. The summed E-state index contributed by atoms with van der Waals surface area (Å²) >= 11 is 0. The van der Waals surface area contributed by atoms with Crippen molar-refractivity contribution in [2.24, 2.45) is 7.05 Å². The maximum atomic E-state index is 14.2. The maximum Gasteiger partial charge on any atom is 0.407 e. The molecule has 0 bridgehead atoms. The molecular formula is C21H18F2N8O3. The van der Waals surface area contributed by atoms with Crippen molar-refractivity contribution in [1.29, 1.82) is 5.26 Å². The Kier molecular flexibility index (Phi) is 5.12.